The normalized spacial score (nSPS) is 16.9. The number of nitrogens with one attached hydrogen (secondary N) is 1. The SMILES string of the molecule is CC(OC(=O)Cn1cc(N)cn1)C(=O)NC1CCCC1. The van der Waals surface area contributed by atoms with Crippen molar-refractivity contribution in [1.29, 1.82) is 0 Å². The Morgan fingerprint density at radius 2 is 2.25 bits per heavy atom. The molecule has 0 bridgehead atoms. The molecule has 2 rings (SSSR count). The molecule has 1 heterocycles. The van der Waals surface area contributed by atoms with Crippen molar-refractivity contribution in [3.8, 4) is 0 Å². The van der Waals surface area contributed by atoms with E-state index in [0.717, 1.165) is 25.7 Å². The minimum Gasteiger partial charge on any atom is -0.451 e. The van der Waals surface area contributed by atoms with Gasteiger partial charge in [0.1, 0.15) is 6.54 Å². The van der Waals surface area contributed by atoms with Gasteiger partial charge < -0.3 is 15.8 Å². The van der Waals surface area contributed by atoms with Crippen LogP contribution < -0.4 is 11.1 Å². The van der Waals surface area contributed by atoms with Crippen LogP contribution in [0.4, 0.5) is 5.69 Å². The number of anilines is 1. The van der Waals surface area contributed by atoms with Crippen molar-refractivity contribution in [2.45, 2.75) is 51.3 Å². The summed E-state index contributed by atoms with van der Waals surface area (Å²) in [6.45, 7) is 1.51. The lowest BCUT2D eigenvalue weighted by atomic mass is 10.2. The number of hydrogen-bond donors (Lipinski definition) is 2. The number of amides is 1. The Balaban J connectivity index is 1.76. The third kappa shape index (κ3) is 3.97. The second kappa shape index (κ2) is 6.40. The summed E-state index contributed by atoms with van der Waals surface area (Å²) in [5.41, 5.74) is 5.97. The van der Waals surface area contributed by atoms with E-state index in [-0.39, 0.29) is 18.5 Å². The van der Waals surface area contributed by atoms with Crippen molar-refractivity contribution in [2.75, 3.05) is 5.73 Å². The van der Waals surface area contributed by atoms with Gasteiger partial charge >= 0.3 is 5.97 Å². The topological polar surface area (TPSA) is 99.2 Å². The van der Waals surface area contributed by atoms with Crippen molar-refractivity contribution in [2.24, 2.45) is 0 Å². The van der Waals surface area contributed by atoms with Crippen LogP contribution in [-0.2, 0) is 20.9 Å². The molecule has 1 aromatic rings. The Bertz CT molecular complexity index is 480. The number of aromatic nitrogens is 2. The lowest BCUT2D eigenvalue weighted by molar-refractivity contribution is -0.155. The summed E-state index contributed by atoms with van der Waals surface area (Å²) >= 11 is 0. The number of nitrogen functional groups attached to an aromatic ring is 1. The molecule has 20 heavy (non-hydrogen) atoms. The first kappa shape index (κ1) is 14.4. The van der Waals surface area contributed by atoms with Crippen molar-refractivity contribution < 1.29 is 14.3 Å². The first-order valence-corrected chi connectivity index (χ1v) is 6.82. The van der Waals surface area contributed by atoms with Gasteiger partial charge in [0.25, 0.3) is 5.91 Å². The monoisotopic (exact) mass is 280 g/mol. The number of nitrogens with two attached hydrogens (primary N) is 1. The van der Waals surface area contributed by atoms with Crippen molar-refractivity contribution in [3.63, 3.8) is 0 Å². The first-order valence-electron chi connectivity index (χ1n) is 6.82. The van der Waals surface area contributed by atoms with Crippen molar-refractivity contribution in [1.82, 2.24) is 15.1 Å². The number of esters is 1. The zero-order valence-corrected chi connectivity index (χ0v) is 11.5. The largest absolute Gasteiger partial charge is 0.451 e. The fourth-order valence-electron chi connectivity index (χ4n) is 2.27. The molecule has 0 saturated heterocycles. The summed E-state index contributed by atoms with van der Waals surface area (Å²) < 4.78 is 6.46. The molecule has 1 atom stereocenters. The molecule has 0 spiro atoms. The number of hydrogen-bond acceptors (Lipinski definition) is 5. The number of rotatable bonds is 5. The van der Waals surface area contributed by atoms with E-state index < -0.39 is 12.1 Å². The van der Waals surface area contributed by atoms with Gasteiger partial charge in [0, 0.05) is 12.2 Å². The van der Waals surface area contributed by atoms with Crippen LogP contribution in [0.1, 0.15) is 32.6 Å². The van der Waals surface area contributed by atoms with Gasteiger partial charge in [0.15, 0.2) is 6.10 Å². The van der Waals surface area contributed by atoms with Crippen LogP contribution in [0.15, 0.2) is 12.4 Å². The number of nitrogens with zero attached hydrogens (tertiary/aromatic N) is 2. The van der Waals surface area contributed by atoms with Crippen LogP contribution >= 0.6 is 0 Å². The van der Waals surface area contributed by atoms with Gasteiger partial charge in [-0.1, -0.05) is 12.8 Å². The van der Waals surface area contributed by atoms with Gasteiger partial charge in [-0.15, -0.1) is 0 Å². The molecule has 1 saturated carbocycles. The number of carbonyl (C=O) groups is 2. The zero-order valence-electron chi connectivity index (χ0n) is 11.5. The minimum absolute atomic E-state index is 0.0573. The summed E-state index contributed by atoms with van der Waals surface area (Å²) in [5.74, 6) is -0.757. The molecule has 1 amide bonds. The van der Waals surface area contributed by atoms with E-state index in [1.165, 1.54) is 17.1 Å². The van der Waals surface area contributed by atoms with Crippen LogP contribution in [0.5, 0.6) is 0 Å². The van der Waals surface area contributed by atoms with Gasteiger partial charge in [-0.05, 0) is 19.8 Å². The third-order valence-electron chi connectivity index (χ3n) is 3.32. The molecule has 1 fully saturated rings. The van der Waals surface area contributed by atoms with Gasteiger partial charge in [0.05, 0.1) is 11.9 Å². The van der Waals surface area contributed by atoms with E-state index in [9.17, 15) is 9.59 Å². The molecular formula is C13H20N4O3. The molecule has 1 aliphatic rings. The maximum Gasteiger partial charge on any atom is 0.328 e. The molecule has 110 valence electrons. The average Bonchev–Trinajstić information content (AvgIpc) is 3.01. The summed E-state index contributed by atoms with van der Waals surface area (Å²) in [6, 6.07) is 0.217. The second-order valence-electron chi connectivity index (χ2n) is 5.09. The summed E-state index contributed by atoms with van der Waals surface area (Å²) in [4.78, 5) is 23.5. The maximum atomic E-state index is 11.9. The molecule has 1 unspecified atom stereocenters. The molecule has 1 aromatic heterocycles. The second-order valence-corrected chi connectivity index (χ2v) is 5.09. The first-order chi connectivity index (χ1) is 9.54. The van der Waals surface area contributed by atoms with Gasteiger partial charge in [-0.25, -0.2) is 0 Å². The van der Waals surface area contributed by atoms with E-state index >= 15 is 0 Å². The van der Waals surface area contributed by atoms with Crippen LogP contribution in [-0.4, -0.2) is 33.8 Å². The Morgan fingerprint density at radius 1 is 1.55 bits per heavy atom. The van der Waals surface area contributed by atoms with E-state index in [2.05, 4.69) is 10.4 Å². The Labute approximate surface area is 117 Å². The van der Waals surface area contributed by atoms with Crippen LogP contribution in [0.3, 0.4) is 0 Å². The highest BCUT2D eigenvalue weighted by Gasteiger charge is 2.23. The highest BCUT2D eigenvalue weighted by atomic mass is 16.5. The Hall–Kier alpha value is -2.05. The summed E-state index contributed by atoms with van der Waals surface area (Å²) in [7, 11) is 0. The summed E-state index contributed by atoms with van der Waals surface area (Å²) in [5, 5.41) is 6.77. The predicted molar refractivity (Wildman–Crippen MR) is 72.6 cm³/mol. The number of carbonyl (C=O) groups excluding carboxylic acids is 2. The molecular weight excluding hydrogens is 260 g/mol. The van der Waals surface area contributed by atoms with E-state index in [4.69, 9.17) is 10.5 Å². The maximum absolute atomic E-state index is 11.9. The highest BCUT2D eigenvalue weighted by Crippen LogP contribution is 2.17. The van der Waals surface area contributed by atoms with E-state index in [1.807, 2.05) is 0 Å². The Morgan fingerprint density at radius 3 is 2.85 bits per heavy atom. The lowest BCUT2D eigenvalue weighted by Crippen LogP contribution is -2.41. The third-order valence-corrected chi connectivity index (χ3v) is 3.32. The molecule has 0 radical (unpaired) electrons. The van der Waals surface area contributed by atoms with Gasteiger partial charge in [-0.2, -0.15) is 5.10 Å². The lowest BCUT2D eigenvalue weighted by Gasteiger charge is -2.17. The molecule has 0 aliphatic heterocycles. The molecule has 7 nitrogen and oxygen atoms in total. The number of ether oxygens (including phenoxy) is 1. The smallest absolute Gasteiger partial charge is 0.328 e. The zero-order chi connectivity index (χ0) is 14.5. The van der Waals surface area contributed by atoms with Crippen molar-refractivity contribution in [3.05, 3.63) is 12.4 Å². The van der Waals surface area contributed by atoms with E-state index in [1.54, 1.807) is 6.92 Å². The predicted octanol–water partition coefficient (Wildman–Crippen LogP) is 0.456. The quantitative estimate of drug-likeness (QED) is 0.763. The Kier molecular flexibility index (Phi) is 4.60. The van der Waals surface area contributed by atoms with Gasteiger partial charge in [0.2, 0.25) is 0 Å². The standard InChI is InChI=1S/C13H20N4O3/c1-9(13(19)16-11-4-2-3-5-11)20-12(18)8-17-7-10(14)6-15-17/h6-7,9,11H,2-5,8,14H2,1H3,(H,16,19). The fraction of sp³-hybridized carbons (Fsp3) is 0.615. The minimum atomic E-state index is -0.795. The van der Waals surface area contributed by atoms with Crippen LogP contribution in [0.25, 0.3) is 0 Å². The van der Waals surface area contributed by atoms with E-state index in [0.29, 0.717) is 5.69 Å². The van der Waals surface area contributed by atoms with Crippen molar-refractivity contribution >= 4 is 17.6 Å². The molecule has 1 aliphatic carbocycles. The fourth-order valence-corrected chi connectivity index (χ4v) is 2.27. The van der Waals surface area contributed by atoms with Crippen LogP contribution in [0, 0.1) is 0 Å². The molecule has 0 aromatic carbocycles. The average molecular weight is 280 g/mol. The molecule has 7 heteroatoms. The molecule has 3 N–H and O–H groups in total. The highest BCUT2D eigenvalue weighted by molar-refractivity contribution is 5.83. The van der Waals surface area contributed by atoms with Crippen LogP contribution in [0.2, 0.25) is 0 Å². The van der Waals surface area contributed by atoms with Gasteiger partial charge in [-0.3, -0.25) is 14.3 Å². The summed E-state index contributed by atoms with van der Waals surface area (Å²) in [6.07, 6.45) is 6.46.